The first-order chi connectivity index (χ1) is 8.99. The molecule has 0 aromatic heterocycles. The van der Waals surface area contributed by atoms with E-state index in [1.165, 1.54) is 6.42 Å². The zero-order valence-electron chi connectivity index (χ0n) is 11.5. The lowest BCUT2D eigenvalue weighted by Gasteiger charge is -2.35. The van der Waals surface area contributed by atoms with Crippen LogP contribution in [0.15, 0.2) is 18.2 Å². The molecule has 1 aliphatic carbocycles. The van der Waals surface area contributed by atoms with E-state index in [0.717, 1.165) is 12.8 Å². The van der Waals surface area contributed by atoms with E-state index in [1.807, 2.05) is 12.1 Å². The molecule has 1 aliphatic rings. The molecule has 1 aromatic carbocycles. The second-order valence-electron chi connectivity index (χ2n) is 6.01. The Hall–Kier alpha value is -0.270. The summed E-state index contributed by atoms with van der Waals surface area (Å²) in [6.07, 6.45) is 4.03. The van der Waals surface area contributed by atoms with E-state index in [1.54, 1.807) is 6.07 Å². The number of hydrogen-bond donors (Lipinski definition) is 0. The lowest BCUT2D eigenvalue weighted by molar-refractivity contribution is 0.217. The van der Waals surface area contributed by atoms with Crippen LogP contribution in [0.4, 0.5) is 4.39 Å². The van der Waals surface area contributed by atoms with Crippen molar-refractivity contribution in [2.45, 2.75) is 44.9 Å². The topological polar surface area (TPSA) is 0 Å². The van der Waals surface area contributed by atoms with Crippen LogP contribution in [0.5, 0.6) is 0 Å². The van der Waals surface area contributed by atoms with E-state index in [2.05, 4.69) is 13.8 Å². The van der Waals surface area contributed by atoms with Crippen LogP contribution in [0.3, 0.4) is 0 Å². The zero-order valence-corrected chi connectivity index (χ0v) is 13.0. The SMILES string of the molecule is CC(C)C1CCC(Cl)C(Cc2cccc(Cl)c2F)C1. The van der Waals surface area contributed by atoms with E-state index in [0.29, 0.717) is 29.7 Å². The van der Waals surface area contributed by atoms with Crippen LogP contribution in [0.2, 0.25) is 5.02 Å². The summed E-state index contributed by atoms with van der Waals surface area (Å²) >= 11 is 12.3. The molecule has 19 heavy (non-hydrogen) atoms. The fourth-order valence-corrected chi connectivity index (χ4v) is 3.58. The molecule has 0 aliphatic heterocycles. The van der Waals surface area contributed by atoms with Crippen molar-refractivity contribution in [2.24, 2.45) is 17.8 Å². The van der Waals surface area contributed by atoms with Crippen molar-refractivity contribution in [3.05, 3.63) is 34.6 Å². The van der Waals surface area contributed by atoms with Gasteiger partial charge in [0.25, 0.3) is 0 Å². The molecule has 0 heterocycles. The predicted octanol–water partition coefficient (Wildman–Crippen LogP) is 5.70. The molecule has 1 aromatic rings. The minimum atomic E-state index is -0.278. The Morgan fingerprint density at radius 1 is 1.32 bits per heavy atom. The van der Waals surface area contributed by atoms with Crippen LogP contribution in [0.1, 0.15) is 38.7 Å². The normalized spacial score (nSPS) is 27.8. The average Bonchev–Trinajstić information content (AvgIpc) is 2.37. The molecule has 0 saturated heterocycles. The van der Waals surface area contributed by atoms with Crippen molar-refractivity contribution in [2.75, 3.05) is 0 Å². The summed E-state index contributed by atoms with van der Waals surface area (Å²) in [5.41, 5.74) is 0.701. The lowest BCUT2D eigenvalue weighted by Crippen LogP contribution is -2.29. The van der Waals surface area contributed by atoms with Gasteiger partial charge in [0.1, 0.15) is 5.82 Å². The fourth-order valence-electron chi connectivity index (χ4n) is 3.07. The minimum Gasteiger partial charge on any atom is -0.205 e. The molecule has 3 heteroatoms. The third-order valence-electron chi connectivity index (χ3n) is 4.39. The molecule has 0 radical (unpaired) electrons. The predicted molar refractivity (Wildman–Crippen MR) is 80.4 cm³/mol. The van der Waals surface area contributed by atoms with Gasteiger partial charge in [-0.1, -0.05) is 37.6 Å². The molecule has 0 spiro atoms. The highest BCUT2D eigenvalue weighted by molar-refractivity contribution is 6.30. The van der Waals surface area contributed by atoms with Gasteiger partial charge in [-0.15, -0.1) is 11.6 Å². The van der Waals surface area contributed by atoms with Crippen LogP contribution in [-0.4, -0.2) is 5.38 Å². The summed E-state index contributed by atoms with van der Waals surface area (Å²) in [6.45, 7) is 4.52. The Kier molecular flexibility index (Phi) is 5.14. The van der Waals surface area contributed by atoms with Gasteiger partial charge in [-0.05, 0) is 55.1 Å². The van der Waals surface area contributed by atoms with E-state index >= 15 is 0 Å². The molecule has 2 rings (SSSR count). The first-order valence-electron chi connectivity index (χ1n) is 7.06. The van der Waals surface area contributed by atoms with Crippen LogP contribution in [0, 0.1) is 23.6 Å². The summed E-state index contributed by atoms with van der Waals surface area (Å²) in [5.74, 6) is 1.47. The summed E-state index contributed by atoms with van der Waals surface area (Å²) in [4.78, 5) is 0. The number of hydrogen-bond acceptors (Lipinski definition) is 0. The highest BCUT2D eigenvalue weighted by Gasteiger charge is 2.31. The molecule has 0 amide bonds. The molecular formula is C16H21Cl2F. The van der Waals surface area contributed by atoms with Crippen molar-refractivity contribution in [1.29, 1.82) is 0 Å². The Morgan fingerprint density at radius 2 is 2.05 bits per heavy atom. The molecule has 3 atom stereocenters. The van der Waals surface area contributed by atoms with Crippen LogP contribution in [0.25, 0.3) is 0 Å². The van der Waals surface area contributed by atoms with E-state index in [4.69, 9.17) is 23.2 Å². The quantitative estimate of drug-likeness (QED) is 0.628. The van der Waals surface area contributed by atoms with Gasteiger partial charge < -0.3 is 0 Å². The van der Waals surface area contributed by atoms with E-state index < -0.39 is 0 Å². The van der Waals surface area contributed by atoms with Gasteiger partial charge in [0, 0.05) is 5.38 Å². The molecule has 3 unspecified atom stereocenters. The largest absolute Gasteiger partial charge is 0.205 e. The summed E-state index contributed by atoms with van der Waals surface area (Å²) < 4.78 is 14.0. The van der Waals surface area contributed by atoms with Crippen molar-refractivity contribution < 1.29 is 4.39 Å². The van der Waals surface area contributed by atoms with Gasteiger partial charge in [-0.3, -0.25) is 0 Å². The van der Waals surface area contributed by atoms with Crippen molar-refractivity contribution in [3.8, 4) is 0 Å². The minimum absolute atomic E-state index is 0.161. The maximum absolute atomic E-state index is 14.0. The first-order valence-corrected chi connectivity index (χ1v) is 7.87. The lowest BCUT2D eigenvalue weighted by atomic mass is 9.74. The Morgan fingerprint density at radius 3 is 2.74 bits per heavy atom. The second kappa shape index (κ2) is 6.45. The number of benzene rings is 1. The number of rotatable bonds is 3. The van der Waals surface area contributed by atoms with Crippen LogP contribution in [-0.2, 0) is 6.42 Å². The molecule has 0 N–H and O–H groups in total. The molecule has 106 valence electrons. The summed E-state index contributed by atoms with van der Waals surface area (Å²) in [5, 5.41) is 0.369. The standard InChI is InChI=1S/C16H21Cl2F/c1-10(2)11-6-7-14(17)13(8-11)9-12-4-3-5-15(18)16(12)19/h3-5,10-11,13-14H,6-9H2,1-2H3. The van der Waals surface area contributed by atoms with Gasteiger partial charge in [-0.25, -0.2) is 4.39 Å². The maximum Gasteiger partial charge on any atom is 0.144 e. The molecule has 1 fully saturated rings. The summed E-state index contributed by atoms with van der Waals surface area (Å²) in [6, 6.07) is 5.23. The van der Waals surface area contributed by atoms with Crippen LogP contribution < -0.4 is 0 Å². The van der Waals surface area contributed by atoms with Gasteiger partial charge >= 0.3 is 0 Å². The van der Waals surface area contributed by atoms with Gasteiger partial charge in [0.2, 0.25) is 0 Å². The van der Waals surface area contributed by atoms with Gasteiger partial charge in [0.15, 0.2) is 0 Å². The van der Waals surface area contributed by atoms with E-state index in [9.17, 15) is 4.39 Å². The fraction of sp³-hybridized carbons (Fsp3) is 0.625. The Labute approximate surface area is 125 Å². The third-order valence-corrected chi connectivity index (χ3v) is 5.25. The first kappa shape index (κ1) is 15.1. The van der Waals surface area contributed by atoms with Crippen molar-refractivity contribution >= 4 is 23.2 Å². The average molecular weight is 303 g/mol. The maximum atomic E-state index is 14.0. The number of halogens is 3. The smallest absolute Gasteiger partial charge is 0.144 e. The monoisotopic (exact) mass is 302 g/mol. The zero-order chi connectivity index (χ0) is 14.0. The van der Waals surface area contributed by atoms with Gasteiger partial charge in [0.05, 0.1) is 5.02 Å². The Balaban J connectivity index is 2.10. The molecule has 0 bridgehead atoms. The Bertz CT molecular complexity index is 431. The summed E-state index contributed by atoms with van der Waals surface area (Å²) in [7, 11) is 0. The molecule has 0 nitrogen and oxygen atoms in total. The highest BCUT2D eigenvalue weighted by Crippen LogP contribution is 2.38. The number of alkyl halides is 1. The van der Waals surface area contributed by atoms with Gasteiger partial charge in [-0.2, -0.15) is 0 Å². The van der Waals surface area contributed by atoms with E-state index in [-0.39, 0.29) is 16.2 Å². The molecule has 1 saturated carbocycles. The highest BCUT2D eigenvalue weighted by atomic mass is 35.5. The molecular weight excluding hydrogens is 282 g/mol. The van der Waals surface area contributed by atoms with Crippen molar-refractivity contribution in [1.82, 2.24) is 0 Å². The van der Waals surface area contributed by atoms with Crippen LogP contribution >= 0.6 is 23.2 Å². The second-order valence-corrected chi connectivity index (χ2v) is 6.98. The van der Waals surface area contributed by atoms with Crippen molar-refractivity contribution in [3.63, 3.8) is 0 Å². The third kappa shape index (κ3) is 3.64.